The van der Waals surface area contributed by atoms with Gasteiger partial charge in [0.1, 0.15) is 12.6 Å². The van der Waals surface area contributed by atoms with E-state index in [2.05, 4.69) is 5.32 Å². The quantitative estimate of drug-likeness (QED) is 0.365. The van der Waals surface area contributed by atoms with E-state index in [1.54, 1.807) is 31.2 Å². The van der Waals surface area contributed by atoms with Crippen molar-refractivity contribution in [3.63, 3.8) is 0 Å². The Kier molecular flexibility index (Phi) is 9.92. The number of hydrogen-bond donors (Lipinski definition) is 1. The van der Waals surface area contributed by atoms with Crippen molar-refractivity contribution in [2.24, 2.45) is 5.92 Å². The van der Waals surface area contributed by atoms with Gasteiger partial charge in [-0.1, -0.05) is 74.0 Å². The smallest absolute Gasteiger partial charge is 0.264 e. The van der Waals surface area contributed by atoms with Gasteiger partial charge in [0.15, 0.2) is 0 Å². The first-order chi connectivity index (χ1) is 18.4. The molecule has 1 unspecified atom stereocenters. The van der Waals surface area contributed by atoms with Gasteiger partial charge in [-0.25, -0.2) is 8.42 Å². The minimum absolute atomic E-state index is 0.0895. The molecular weight excluding hydrogens is 510 g/mol. The second kappa shape index (κ2) is 12.9. The van der Waals surface area contributed by atoms with Crippen molar-refractivity contribution in [3.05, 3.63) is 95.1 Å². The molecule has 0 aliphatic heterocycles. The van der Waals surface area contributed by atoms with Gasteiger partial charge in [-0.15, -0.1) is 0 Å². The van der Waals surface area contributed by atoms with Gasteiger partial charge in [-0.3, -0.25) is 13.9 Å². The number of sulfonamides is 1. The SMILES string of the molecule is Cc1cccc(CN(C(=O)CN(c2cc(C)ccc2C)S(=O)(=O)c2ccccc2)C(C)C(=O)NCC(C)C)c1. The van der Waals surface area contributed by atoms with Crippen LogP contribution in [0.4, 0.5) is 5.69 Å². The second-order valence-corrected chi connectivity index (χ2v) is 12.3. The Labute approximate surface area is 232 Å². The zero-order valence-electron chi connectivity index (χ0n) is 23.6. The maximum Gasteiger partial charge on any atom is 0.264 e. The molecule has 3 aromatic carbocycles. The summed E-state index contributed by atoms with van der Waals surface area (Å²) in [5.41, 5.74) is 3.91. The number of benzene rings is 3. The van der Waals surface area contributed by atoms with E-state index >= 15 is 0 Å². The van der Waals surface area contributed by atoms with Gasteiger partial charge in [-0.2, -0.15) is 0 Å². The third-order valence-corrected chi connectivity index (χ3v) is 8.30. The van der Waals surface area contributed by atoms with Crippen molar-refractivity contribution in [1.29, 1.82) is 0 Å². The Morgan fingerprint density at radius 2 is 1.51 bits per heavy atom. The molecule has 2 amide bonds. The van der Waals surface area contributed by atoms with Crippen molar-refractivity contribution in [2.45, 2.75) is 59.0 Å². The lowest BCUT2D eigenvalue weighted by atomic mass is 10.1. The molecule has 8 heteroatoms. The average molecular weight is 550 g/mol. The van der Waals surface area contributed by atoms with E-state index in [0.717, 1.165) is 26.6 Å². The van der Waals surface area contributed by atoms with Crippen LogP contribution in [0.2, 0.25) is 0 Å². The number of hydrogen-bond acceptors (Lipinski definition) is 4. The topological polar surface area (TPSA) is 86.8 Å². The van der Waals surface area contributed by atoms with Crippen LogP contribution in [-0.4, -0.2) is 44.3 Å². The normalized spacial score (nSPS) is 12.2. The van der Waals surface area contributed by atoms with Gasteiger partial charge < -0.3 is 10.2 Å². The first-order valence-electron chi connectivity index (χ1n) is 13.2. The Morgan fingerprint density at radius 1 is 0.846 bits per heavy atom. The average Bonchev–Trinajstić information content (AvgIpc) is 2.90. The number of amides is 2. The zero-order valence-corrected chi connectivity index (χ0v) is 24.5. The van der Waals surface area contributed by atoms with E-state index in [-0.39, 0.29) is 23.3 Å². The summed E-state index contributed by atoms with van der Waals surface area (Å²) >= 11 is 0. The molecule has 0 aromatic heterocycles. The minimum atomic E-state index is -4.08. The summed E-state index contributed by atoms with van der Waals surface area (Å²) in [4.78, 5) is 28.7. The molecule has 3 aromatic rings. The number of carbonyl (C=O) groups is 2. The lowest BCUT2D eigenvalue weighted by Crippen LogP contribution is -2.51. The van der Waals surface area contributed by atoms with Crippen molar-refractivity contribution >= 4 is 27.5 Å². The molecule has 1 N–H and O–H groups in total. The molecule has 3 rings (SSSR count). The third-order valence-electron chi connectivity index (χ3n) is 6.53. The molecule has 0 heterocycles. The number of anilines is 1. The Hall–Kier alpha value is -3.65. The zero-order chi connectivity index (χ0) is 28.7. The third kappa shape index (κ3) is 7.69. The van der Waals surface area contributed by atoms with Crippen LogP contribution in [0.1, 0.15) is 43.0 Å². The lowest BCUT2D eigenvalue weighted by molar-refractivity contribution is -0.139. The molecule has 1 atom stereocenters. The van der Waals surface area contributed by atoms with E-state index in [1.807, 2.05) is 71.0 Å². The molecule has 0 aliphatic rings. The molecule has 0 spiro atoms. The second-order valence-electron chi connectivity index (χ2n) is 10.4. The van der Waals surface area contributed by atoms with Crippen LogP contribution in [0.5, 0.6) is 0 Å². The molecule has 7 nitrogen and oxygen atoms in total. The standard InChI is InChI=1S/C31H39N3O4S/c1-22(2)19-32-31(36)26(6)33(20-27-12-10-11-23(3)17-27)30(35)21-34(29-18-24(4)15-16-25(29)5)39(37,38)28-13-8-7-9-14-28/h7-18,22,26H,19-21H2,1-6H3,(H,32,36). The monoisotopic (exact) mass is 549 g/mol. The first-order valence-corrected chi connectivity index (χ1v) is 14.6. The Balaban J connectivity index is 2.04. The molecule has 0 saturated carbocycles. The summed E-state index contributed by atoms with van der Waals surface area (Å²) in [7, 11) is -4.08. The number of nitrogens with one attached hydrogen (secondary N) is 1. The van der Waals surface area contributed by atoms with Crippen molar-refractivity contribution in [1.82, 2.24) is 10.2 Å². The van der Waals surface area contributed by atoms with Gasteiger partial charge in [0.25, 0.3) is 10.0 Å². The summed E-state index contributed by atoms with van der Waals surface area (Å²) in [5.74, 6) is -0.504. The van der Waals surface area contributed by atoms with Gasteiger partial charge in [0, 0.05) is 13.1 Å². The van der Waals surface area contributed by atoms with Gasteiger partial charge in [0.2, 0.25) is 11.8 Å². The Bertz CT molecular complexity index is 1400. The van der Waals surface area contributed by atoms with Crippen molar-refractivity contribution in [3.8, 4) is 0 Å². The van der Waals surface area contributed by atoms with E-state index < -0.39 is 28.5 Å². The van der Waals surface area contributed by atoms with E-state index in [0.29, 0.717) is 12.2 Å². The molecule has 39 heavy (non-hydrogen) atoms. The van der Waals surface area contributed by atoms with Gasteiger partial charge in [0.05, 0.1) is 10.6 Å². The summed E-state index contributed by atoms with van der Waals surface area (Å²) in [6.07, 6.45) is 0. The number of aryl methyl sites for hydroxylation is 3. The van der Waals surface area contributed by atoms with Gasteiger partial charge >= 0.3 is 0 Å². The van der Waals surface area contributed by atoms with Crippen molar-refractivity contribution < 1.29 is 18.0 Å². The molecular formula is C31H39N3O4S. The molecule has 0 bridgehead atoms. The van der Waals surface area contributed by atoms with Crippen LogP contribution >= 0.6 is 0 Å². The number of nitrogens with zero attached hydrogens (tertiary/aromatic N) is 2. The molecule has 0 aliphatic carbocycles. The summed E-state index contributed by atoms with van der Waals surface area (Å²) in [5, 5.41) is 2.91. The molecule has 0 saturated heterocycles. The van der Waals surface area contributed by atoms with Crippen LogP contribution in [-0.2, 0) is 26.2 Å². The minimum Gasteiger partial charge on any atom is -0.354 e. The summed E-state index contributed by atoms with van der Waals surface area (Å²) in [6, 6.07) is 20.5. The molecule has 208 valence electrons. The van der Waals surface area contributed by atoms with Crippen LogP contribution < -0.4 is 9.62 Å². The lowest BCUT2D eigenvalue weighted by Gasteiger charge is -2.32. The highest BCUT2D eigenvalue weighted by molar-refractivity contribution is 7.92. The number of rotatable bonds is 11. The largest absolute Gasteiger partial charge is 0.354 e. The first kappa shape index (κ1) is 29.9. The van der Waals surface area contributed by atoms with Crippen LogP contribution in [0.3, 0.4) is 0 Å². The fourth-order valence-corrected chi connectivity index (χ4v) is 5.75. The fraction of sp³-hybridized carbons (Fsp3) is 0.355. The maximum absolute atomic E-state index is 14.0. The highest BCUT2D eigenvalue weighted by Gasteiger charge is 2.33. The molecule has 0 fully saturated rings. The van der Waals surface area contributed by atoms with E-state index in [9.17, 15) is 18.0 Å². The Morgan fingerprint density at radius 3 is 2.15 bits per heavy atom. The van der Waals surface area contributed by atoms with Crippen LogP contribution in [0, 0.1) is 26.7 Å². The van der Waals surface area contributed by atoms with Gasteiger partial charge in [-0.05, 0) is 68.5 Å². The fourth-order valence-electron chi connectivity index (χ4n) is 4.26. The highest BCUT2D eigenvalue weighted by atomic mass is 32.2. The van der Waals surface area contributed by atoms with Crippen LogP contribution in [0.15, 0.2) is 77.7 Å². The summed E-state index contributed by atoms with van der Waals surface area (Å²) in [6.45, 7) is 11.5. The highest BCUT2D eigenvalue weighted by Crippen LogP contribution is 2.28. The predicted molar refractivity (Wildman–Crippen MR) is 156 cm³/mol. The number of carbonyl (C=O) groups excluding carboxylic acids is 2. The molecule has 0 radical (unpaired) electrons. The summed E-state index contributed by atoms with van der Waals surface area (Å²) < 4.78 is 29.0. The maximum atomic E-state index is 14.0. The van der Waals surface area contributed by atoms with Crippen LogP contribution in [0.25, 0.3) is 0 Å². The van der Waals surface area contributed by atoms with E-state index in [1.165, 1.54) is 17.0 Å². The van der Waals surface area contributed by atoms with E-state index in [4.69, 9.17) is 0 Å². The van der Waals surface area contributed by atoms with Crippen molar-refractivity contribution in [2.75, 3.05) is 17.4 Å². The predicted octanol–water partition coefficient (Wildman–Crippen LogP) is 5.00.